The summed E-state index contributed by atoms with van der Waals surface area (Å²) in [4.78, 5) is 16.2. The maximum atomic E-state index is 12.3. The number of piperidine rings is 1. The van der Waals surface area contributed by atoms with Crippen LogP contribution in [0, 0.1) is 5.92 Å². The lowest BCUT2D eigenvalue weighted by molar-refractivity contribution is -0.119. The second-order valence-electron chi connectivity index (χ2n) is 5.92. The normalized spacial score (nSPS) is 20.6. The minimum absolute atomic E-state index is 0. The number of amides is 1. The Morgan fingerprint density at radius 3 is 2.83 bits per heavy atom. The zero-order chi connectivity index (χ0) is 15.4. The van der Waals surface area contributed by atoms with Crippen LogP contribution in [0.3, 0.4) is 0 Å². The van der Waals surface area contributed by atoms with E-state index in [9.17, 15) is 4.79 Å². The molecule has 2 unspecified atom stereocenters. The number of hydrogen-bond donors (Lipinski definition) is 2. The summed E-state index contributed by atoms with van der Waals surface area (Å²) in [5, 5.41) is 10.3. The fourth-order valence-electron chi connectivity index (χ4n) is 2.73. The van der Waals surface area contributed by atoms with Gasteiger partial charge in [-0.1, -0.05) is 19.1 Å². The number of benzene rings is 1. The average molecular weight is 336 g/mol. The maximum absolute atomic E-state index is 12.3. The van der Waals surface area contributed by atoms with Crippen LogP contribution < -0.4 is 10.6 Å². The standard InChI is InChI=1S/C16H21N5O.ClH/c1-12-6-7-18-15(8-12)16(22)20-14-4-2-13(3-5-14)9-21-11-17-10-19-21;/h2-5,10-12,15,18H,6-9H2,1H3,(H,20,22);1H. The number of nitrogens with zero attached hydrogens (tertiary/aromatic N) is 3. The molecule has 7 heteroatoms. The van der Waals surface area contributed by atoms with E-state index in [1.165, 1.54) is 6.33 Å². The van der Waals surface area contributed by atoms with E-state index in [1.54, 1.807) is 11.0 Å². The van der Waals surface area contributed by atoms with Crippen LogP contribution >= 0.6 is 12.4 Å². The zero-order valence-corrected chi connectivity index (χ0v) is 13.9. The molecule has 0 radical (unpaired) electrons. The van der Waals surface area contributed by atoms with Crippen molar-refractivity contribution in [3.8, 4) is 0 Å². The van der Waals surface area contributed by atoms with E-state index >= 15 is 0 Å². The lowest BCUT2D eigenvalue weighted by atomic mass is 9.94. The summed E-state index contributed by atoms with van der Waals surface area (Å²) in [7, 11) is 0. The van der Waals surface area contributed by atoms with E-state index in [0.717, 1.165) is 30.6 Å². The lowest BCUT2D eigenvalue weighted by Gasteiger charge is -2.27. The van der Waals surface area contributed by atoms with Crippen LogP contribution in [0.5, 0.6) is 0 Å². The van der Waals surface area contributed by atoms with Gasteiger partial charge in [0.15, 0.2) is 0 Å². The summed E-state index contributed by atoms with van der Waals surface area (Å²) in [6.07, 6.45) is 5.25. The Morgan fingerprint density at radius 1 is 1.39 bits per heavy atom. The van der Waals surface area contributed by atoms with Crippen molar-refractivity contribution in [1.29, 1.82) is 0 Å². The van der Waals surface area contributed by atoms with Crippen molar-refractivity contribution in [2.75, 3.05) is 11.9 Å². The van der Waals surface area contributed by atoms with E-state index in [1.807, 2.05) is 24.3 Å². The summed E-state index contributed by atoms with van der Waals surface area (Å²) in [5.41, 5.74) is 1.94. The number of carbonyl (C=O) groups excluding carboxylic acids is 1. The van der Waals surface area contributed by atoms with E-state index in [2.05, 4.69) is 27.6 Å². The minimum Gasteiger partial charge on any atom is -0.325 e. The molecule has 1 aromatic carbocycles. The fourth-order valence-corrected chi connectivity index (χ4v) is 2.73. The molecular weight excluding hydrogens is 314 g/mol. The second-order valence-corrected chi connectivity index (χ2v) is 5.92. The van der Waals surface area contributed by atoms with Crippen molar-refractivity contribution in [1.82, 2.24) is 20.1 Å². The van der Waals surface area contributed by atoms with Gasteiger partial charge in [0.2, 0.25) is 5.91 Å². The molecule has 0 bridgehead atoms. The Bertz CT molecular complexity index is 614. The van der Waals surface area contributed by atoms with Crippen molar-refractivity contribution < 1.29 is 4.79 Å². The van der Waals surface area contributed by atoms with Crippen LogP contribution in [0.15, 0.2) is 36.9 Å². The SMILES string of the molecule is CC1CCNC(C(=O)Nc2ccc(Cn3cncn3)cc2)C1.Cl. The first-order chi connectivity index (χ1) is 10.7. The lowest BCUT2D eigenvalue weighted by Crippen LogP contribution is -2.45. The quantitative estimate of drug-likeness (QED) is 0.897. The van der Waals surface area contributed by atoms with Gasteiger partial charge in [-0.25, -0.2) is 9.67 Å². The van der Waals surface area contributed by atoms with Gasteiger partial charge in [0.05, 0.1) is 12.6 Å². The van der Waals surface area contributed by atoms with Crippen LogP contribution in [-0.4, -0.2) is 33.3 Å². The summed E-state index contributed by atoms with van der Waals surface area (Å²) in [6, 6.07) is 7.76. The fraction of sp³-hybridized carbons (Fsp3) is 0.438. The molecule has 1 fully saturated rings. The number of halogens is 1. The van der Waals surface area contributed by atoms with Gasteiger partial charge in [0.25, 0.3) is 0 Å². The molecule has 0 saturated carbocycles. The Kier molecular flexibility index (Phi) is 6.12. The summed E-state index contributed by atoms with van der Waals surface area (Å²) in [6.45, 7) is 3.78. The Morgan fingerprint density at radius 2 is 2.17 bits per heavy atom. The molecule has 2 aromatic rings. The molecule has 2 heterocycles. The van der Waals surface area contributed by atoms with Crippen molar-refractivity contribution in [2.45, 2.75) is 32.4 Å². The van der Waals surface area contributed by atoms with Crippen molar-refractivity contribution in [3.05, 3.63) is 42.5 Å². The van der Waals surface area contributed by atoms with Gasteiger partial charge in [-0.2, -0.15) is 5.10 Å². The van der Waals surface area contributed by atoms with E-state index in [0.29, 0.717) is 12.5 Å². The molecule has 2 atom stereocenters. The van der Waals surface area contributed by atoms with E-state index in [4.69, 9.17) is 0 Å². The van der Waals surface area contributed by atoms with Gasteiger partial charge >= 0.3 is 0 Å². The largest absolute Gasteiger partial charge is 0.325 e. The third-order valence-corrected chi connectivity index (χ3v) is 4.02. The topological polar surface area (TPSA) is 71.8 Å². The van der Waals surface area contributed by atoms with Gasteiger partial charge in [-0.3, -0.25) is 4.79 Å². The molecule has 2 N–H and O–H groups in total. The average Bonchev–Trinajstić information content (AvgIpc) is 3.02. The molecule has 23 heavy (non-hydrogen) atoms. The number of carbonyl (C=O) groups is 1. The number of rotatable bonds is 4. The first kappa shape index (κ1) is 17.4. The third kappa shape index (κ3) is 4.77. The summed E-state index contributed by atoms with van der Waals surface area (Å²) < 4.78 is 1.76. The van der Waals surface area contributed by atoms with Crippen LogP contribution in [0.2, 0.25) is 0 Å². The Hall–Kier alpha value is -1.92. The number of nitrogens with one attached hydrogen (secondary N) is 2. The summed E-state index contributed by atoms with van der Waals surface area (Å²) >= 11 is 0. The van der Waals surface area contributed by atoms with E-state index < -0.39 is 0 Å². The Labute approximate surface area is 142 Å². The molecule has 1 saturated heterocycles. The van der Waals surface area contributed by atoms with Crippen molar-refractivity contribution >= 4 is 24.0 Å². The first-order valence-electron chi connectivity index (χ1n) is 7.66. The highest BCUT2D eigenvalue weighted by Crippen LogP contribution is 2.17. The summed E-state index contributed by atoms with van der Waals surface area (Å²) in [5.74, 6) is 0.651. The highest BCUT2D eigenvalue weighted by atomic mass is 35.5. The zero-order valence-electron chi connectivity index (χ0n) is 13.1. The maximum Gasteiger partial charge on any atom is 0.241 e. The highest BCUT2D eigenvalue weighted by molar-refractivity contribution is 5.94. The molecule has 1 amide bonds. The third-order valence-electron chi connectivity index (χ3n) is 4.02. The molecular formula is C16H22ClN5O. The van der Waals surface area contributed by atoms with Crippen molar-refractivity contribution in [2.24, 2.45) is 5.92 Å². The molecule has 1 aromatic heterocycles. The first-order valence-corrected chi connectivity index (χ1v) is 7.66. The molecule has 6 nitrogen and oxygen atoms in total. The second kappa shape index (κ2) is 8.08. The van der Waals surface area contributed by atoms with Gasteiger partial charge in [-0.15, -0.1) is 12.4 Å². The Balaban J connectivity index is 0.00000192. The monoisotopic (exact) mass is 335 g/mol. The minimum atomic E-state index is -0.0847. The number of hydrogen-bond acceptors (Lipinski definition) is 4. The van der Waals surface area contributed by atoms with Crippen LogP contribution in [-0.2, 0) is 11.3 Å². The molecule has 124 valence electrons. The van der Waals surface area contributed by atoms with Crippen molar-refractivity contribution in [3.63, 3.8) is 0 Å². The van der Waals surface area contributed by atoms with Crippen LogP contribution in [0.25, 0.3) is 0 Å². The molecule has 1 aliphatic heterocycles. The molecule has 0 aliphatic carbocycles. The van der Waals surface area contributed by atoms with Crippen LogP contribution in [0.1, 0.15) is 25.3 Å². The highest BCUT2D eigenvalue weighted by Gasteiger charge is 2.24. The molecule has 0 spiro atoms. The molecule has 1 aliphatic rings. The van der Waals surface area contributed by atoms with Gasteiger partial charge < -0.3 is 10.6 Å². The van der Waals surface area contributed by atoms with Crippen LogP contribution in [0.4, 0.5) is 5.69 Å². The smallest absolute Gasteiger partial charge is 0.241 e. The van der Waals surface area contributed by atoms with Gasteiger partial charge in [0, 0.05) is 5.69 Å². The molecule has 3 rings (SSSR count). The van der Waals surface area contributed by atoms with E-state index in [-0.39, 0.29) is 24.4 Å². The van der Waals surface area contributed by atoms with Gasteiger partial charge in [-0.05, 0) is 43.0 Å². The predicted octanol–water partition coefficient (Wildman–Crippen LogP) is 2.07. The predicted molar refractivity (Wildman–Crippen MR) is 91.6 cm³/mol. The number of aromatic nitrogens is 3. The number of anilines is 1. The van der Waals surface area contributed by atoms with Gasteiger partial charge in [0.1, 0.15) is 12.7 Å².